The maximum absolute atomic E-state index is 12.1. The van der Waals surface area contributed by atoms with Crippen LogP contribution in [0.2, 0.25) is 0 Å². The molecule has 0 atom stereocenters. The Balaban J connectivity index is 2.13. The summed E-state index contributed by atoms with van der Waals surface area (Å²) in [6.07, 6.45) is 4.57. The quantitative estimate of drug-likeness (QED) is 0.840. The first-order valence-electron chi connectivity index (χ1n) is 6.20. The standard InChI is InChI=1S/C13H16N4O2S/c1-2-14-8-11-5-6-13(16-9-11)20(18,19)17-12-4-3-7-15-10-12/h3-7,9-10,14,17H,2,8H2,1H3. The van der Waals surface area contributed by atoms with Gasteiger partial charge in [-0.3, -0.25) is 9.71 Å². The molecule has 0 radical (unpaired) electrons. The van der Waals surface area contributed by atoms with Gasteiger partial charge < -0.3 is 5.32 Å². The van der Waals surface area contributed by atoms with Crippen LogP contribution in [-0.2, 0) is 16.6 Å². The molecular weight excluding hydrogens is 276 g/mol. The van der Waals surface area contributed by atoms with Gasteiger partial charge in [0.15, 0.2) is 5.03 Å². The number of nitrogens with one attached hydrogen (secondary N) is 2. The number of sulfonamides is 1. The molecule has 2 heterocycles. The summed E-state index contributed by atoms with van der Waals surface area (Å²) in [6, 6.07) is 6.52. The summed E-state index contributed by atoms with van der Waals surface area (Å²) in [5.41, 5.74) is 1.35. The number of nitrogens with zero attached hydrogens (tertiary/aromatic N) is 2. The molecule has 2 aromatic rings. The molecule has 0 bridgehead atoms. The van der Waals surface area contributed by atoms with Crippen molar-refractivity contribution in [3.8, 4) is 0 Å². The van der Waals surface area contributed by atoms with Gasteiger partial charge in [-0.2, -0.15) is 8.42 Å². The Labute approximate surface area is 118 Å². The van der Waals surface area contributed by atoms with E-state index in [9.17, 15) is 8.42 Å². The molecule has 0 fully saturated rings. The zero-order valence-corrected chi connectivity index (χ0v) is 11.9. The lowest BCUT2D eigenvalue weighted by Crippen LogP contribution is -2.16. The minimum absolute atomic E-state index is 0.0124. The van der Waals surface area contributed by atoms with Crippen molar-refractivity contribution in [2.45, 2.75) is 18.5 Å². The number of hydrogen-bond acceptors (Lipinski definition) is 5. The lowest BCUT2D eigenvalue weighted by molar-refractivity contribution is 0.597. The SMILES string of the molecule is CCNCc1ccc(S(=O)(=O)Nc2cccnc2)nc1. The van der Waals surface area contributed by atoms with Gasteiger partial charge in [0.1, 0.15) is 0 Å². The average molecular weight is 292 g/mol. The van der Waals surface area contributed by atoms with Gasteiger partial charge >= 0.3 is 0 Å². The number of aromatic nitrogens is 2. The van der Waals surface area contributed by atoms with Crippen LogP contribution in [0.25, 0.3) is 0 Å². The van der Waals surface area contributed by atoms with Gasteiger partial charge in [-0.1, -0.05) is 13.0 Å². The third-order valence-electron chi connectivity index (χ3n) is 2.57. The zero-order chi connectivity index (χ0) is 14.4. The highest BCUT2D eigenvalue weighted by Crippen LogP contribution is 2.13. The van der Waals surface area contributed by atoms with E-state index in [4.69, 9.17) is 0 Å². The third kappa shape index (κ3) is 3.75. The number of anilines is 1. The van der Waals surface area contributed by atoms with Gasteiger partial charge in [0, 0.05) is 18.9 Å². The van der Waals surface area contributed by atoms with Crippen LogP contribution in [0, 0.1) is 0 Å². The van der Waals surface area contributed by atoms with Gasteiger partial charge in [0.25, 0.3) is 10.0 Å². The molecule has 0 unspecified atom stereocenters. The summed E-state index contributed by atoms with van der Waals surface area (Å²) < 4.78 is 26.6. The molecule has 0 spiro atoms. The van der Waals surface area contributed by atoms with E-state index in [0.29, 0.717) is 12.2 Å². The van der Waals surface area contributed by atoms with Gasteiger partial charge in [-0.05, 0) is 30.3 Å². The van der Waals surface area contributed by atoms with E-state index in [1.807, 2.05) is 6.92 Å². The van der Waals surface area contributed by atoms with Crippen molar-refractivity contribution in [2.24, 2.45) is 0 Å². The normalized spacial score (nSPS) is 11.2. The van der Waals surface area contributed by atoms with E-state index in [1.54, 1.807) is 30.6 Å². The first kappa shape index (κ1) is 14.4. The number of hydrogen-bond donors (Lipinski definition) is 2. The van der Waals surface area contributed by atoms with E-state index in [-0.39, 0.29) is 5.03 Å². The van der Waals surface area contributed by atoms with Crippen molar-refractivity contribution in [3.63, 3.8) is 0 Å². The highest BCUT2D eigenvalue weighted by Gasteiger charge is 2.15. The Kier molecular flexibility index (Phi) is 4.65. The molecule has 0 aromatic carbocycles. The fraction of sp³-hybridized carbons (Fsp3) is 0.231. The molecule has 2 N–H and O–H groups in total. The zero-order valence-electron chi connectivity index (χ0n) is 11.1. The van der Waals surface area contributed by atoms with Crippen LogP contribution in [0.3, 0.4) is 0 Å². The smallest absolute Gasteiger partial charge is 0.279 e. The maximum Gasteiger partial charge on any atom is 0.279 e. The van der Waals surface area contributed by atoms with E-state index in [1.165, 1.54) is 12.3 Å². The monoisotopic (exact) mass is 292 g/mol. The van der Waals surface area contributed by atoms with Crippen LogP contribution in [0.15, 0.2) is 47.9 Å². The van der Waals surface area contributed by atoms with Gasteiger partial charge in [0.05, 0.1) is 11.9 Å². The molecule has 2 aromatic heterocycles. The third-order valence-corrected chi connectivity index (χ3v) is 3.86. The fourth-order valence-electron chi connectivity index (χ4n) is 1.57. The topological polar surface area (TPSA) is 84.0 Å². The molecule has 6 nitrogen and oxygen atoms in total. The summed E-state index contributed by atoms with van der Waals surface area (Å²) >= 11 is 0. The van der Waals surface area contributed by atoms with E-state index >= 15 is 0 Å². The Bertz CT molecular complexity index is 642. The Morgan fingerprint density at radius 1 is 1.20 bits per heavy atom. The van der Waals surface area contributed by atoms with E-state index in [0.717, 1.165) is 12.1 Å². The first-order valence-corrected chi connectivity index (χ1v) is 7.68. The van der Waals surface area contributed by atoms with Crippen LogP contribution < -0.4 is 10.0 Å². The predicted molar refractivity (Wildman–Crippen MR) is 76.7 cm³/mol. The molecule has 0 amide bonds. The minimum atomic E-state index is -3.67. The lowest BCUT2D eigenvalue weighted by Gasteiger charge is -2.07. The molecule has 7 heteroatoms. The van der Waals surface area contributed by atoms with Crippen molar-refractivity contribution in [2.75, 3.05) is 11.3 Å². The summed E-state index contributed by atoms with van der Waals surface area (Å²) in [4.78, 5) is 7.84. The molecule has 20 heavy (non-hydrogen) atoms. The minimum Gasteiger partial charge on any atom is -0.313 e. The summed E-state index contributed by atoms with van der Waals surface area (Å²) in [6.45, 7) is 3.52. The van der Waals surface area contributed by atoms with Gasteiger partial charge in [-0.15, -0.1) is 0 Å². The molecule has 0 aliphatic heterocycles. The second-order valence-corrected chi connectivity index (χ2v) is 5.76. The molecule has 106 valence electrons. The lowest BCUT2D eigenvalue weighted by atomic mass is 10.3. The van der Waals surface area contributed by atoms with Gasteiger partial charge in [0.2, 0.25) is 0 Å². The Morgan fingerprint density at radius 2 is 2.05 bits per heavy atom. The molecular formula is C13H16N4O2S. The van der Waals surface area contributed by atoms with Crippen molar-refractivity contribution in [3.05, 3.63) is 48.4 Å². The molecule has 0 saturated heterocycles. The van der Waals surface area contributed by atoms with Crippen LogP contribution in [0.1, 0.15) is 12.5 Å². The summed E-state index contributed by atoms with van der Waals surface area (Å²) in [5, 5.41) is 3.14. The molecule has 0 aliphatic rings. The Morgan fingerprint density at radius 3 is 2.65 bits per heavy atom. The molecule has 0 aliphatic carbocycles. The van der Waals surface area contributed by atoms with Crippen molar-refractivity contribution < 1.29 is 8.42 Å². The largest absolute Gasteiger partial charge is 0.313 e. The van der Waals surface area contributed by atoms with Gasteiger partial charge in [-0.25, -0.2) is 4.98 Å². The van der Waals surface area contributed by atoms with Crippen LogP contribution in [0.5, 0.6) is 0 Å². The fourth-order valence-corrected chi connectivity index (χ4v) is 2.55. The van der Waals surface area contributed by atoms with Crippen molar-refractivity contribution in [1.82, 2.24) is 15.3 Å². The second kappa shape index (κ2) is 6.44. The average Bonchev–Trinajstić information content (AvgIpc) is 2.46. The summed E-state index contributed by atoms with van der Waals surface area (Å²) in [7, 11) is -3.67. The Hall–Kier alpha value is -1.99. The molecule has 0 saturated carbocycles. The highest BCUT2D eigenvalue weighted by molar-refractivity contribution is 7.92. The van der Waals surface area contributed by atoms with Crippen LogP contribution in [0.4, 0.5) is 5.69 Å². The number of pyridine rings is 2. The predicted octanol–water partition coefficient (Wildman–Crippen LogP) is 1.39. The number of rotatable bonds is 6. The van der Waals surface area contributed by atoms with Crippen LogP contribution in [-0.4, -0.2) is 24.9 Å². The van der Waals surface area contributed by atoms with Crippen molar-refractivity contribution >= 4 is 15.7 Å². The summed E-state index contributed by atoms with van der Waals surface area (Å²) in [5.74, 6) is 0. The molecule has 2 rings (SSSR count). The van der Waals surface area contributed by atoms with E-state index < -0.39 is 10.0 Å². The van der Waals surface area contributed by atoms with Crippen molar-refractivity contribution in [1.29, 1.82) is 0 Å². The first-order chi connectivity index (χ1) is 9.62. The maximum atomic E-state index is 12.1. The van der Waals surface area contributed by atoms with E-state index in [2.05, 4.69) is 20.0 Å². The second-order valence-electron chi connectivity index (χ2n) is 4.13. The highest BCUT2D eigenvalue weighted by atomic mass is 32.2. The van der Waals surface area contributed by atoms with Crippen LogP contribution >= 0.6 is 0 Å².